The van der Waals surface area contributed by atoms with Gasteiger partial charge in [-0.3, -0.25) is 19.2 Å². The van der Waals surface area contributed by atoms with Gasteiger partial charge in [-0.2, -0.15) is 0 Å². The molecule has 1 fully saturated rings. The van der Waals surface area contributed by atoms with Gasteiger partial charge in [-0.1, -0.05) is 84.9 Å². The molecule has 1 saturated carbocycles. The summed E-state index contributed by atoms with van der Waals surface area (Å²) >= 11 is 0. The second-order valence-corrected chi connectivity index (χ2v) is 15.6. The van der Waals surface area contributed by atoms with Gasteiger partial charge in [0.15, 0.2) is 0 Å². The Morgan fingerprint density at radius 1 is 0.422 bits per heavy atom. The van der Waals surface area contributed by atoms with E-state index in [1.807, 2.05) is 133 Å². The number of carbonyl (C=O) groups is 4. The van der Waals surface area contributed by atoms with Gasteiger partial charge in [0.1, 0.15) is 34.5 Å². The Balaban J connectivity index is 1.19. The zero-order valence-corrected chi connectivity index (χ0v) is 35.6. The molecule has 0 heterocycles. The number of carboxylic acid groups (broad SMARTS) is 2. The Hall–Kier alpha value is -7.60. The smallest absolute Gasteiger partial charge is 0.308 e. The summed E-state index contributed by atoms with van der Waals surface area (Å²) in [5, 5.41) is 21.1. The first-order valence-electron chi connectivity index (χ1n) is 21.0. The Morgan fingerprint density at radius 3 is 1.11 bits per heavy atom. The molecule has 1 aliphatic carbocycles. The van der Waals surface area contributed by atoms with Crippen molar-refractivity contribution in [1.82, 2.24) is 9.80 Å². The minimum absolute atomic E-state index is 0.0624. The van der Waals surface area contributed by atoms with Crippen LogP contribution >= 0.6 is 0 Å². The SMILES string of the molecule is COc1cccc(CCN(Cc2ccc(Oc3ccccc3)cc2)C(=O)[C@H]2[C@@H](C(=O)O)[C@H](C(=O)O)[C@@H]2C(=O)N(CCc2cccc(OC)c2)Cc2ccc(Oc3ccccc3)cc2)c1. The highest BCUT2D eigenvalue weighted by Crippen LogP contribution is 2.49. The Bertz CT molecular complexity index is 2340. The molecule has 12 heteroatoms. The number of methoxy groups -OCH3 is 2. The van der Waals surface area contributed by atoms with E-state index in [0.29, 0.717) is 47.3 Å². The van der Waals surface area contributed by atoms with Crippen molar-refractivity contribution < 1.29 is 48.3 Å². The van der Waals surface area contributed by atoms with Gasteiger partial charge in [0, 0.05) is 26.2 Å². The Labute approximate surface area is 372 Å². The highest BCUT2D eigenvalue weighted by Gasteiger charge is 2.64. The summed E-state index contributed by atoms with van der Waals surface area (Å²) in [7, 11) is 3.13. The molecular formula is C52H50N2O10. The average Bonchev–Trinajstić information content (AvgIpc) is 3.30. The lowest BCUT2D eigenvalue weighted by Gasteiger charge is -2.48. The number of carbonyl (C=O) groups excluding carboxylic acids is 2. The third-order valence-electron chi connectivity index (χ3n) is 11.5. The number of para-hydroxylation sites is 2. The van der Waals surface area contributed by atoms with Crippen LogP contribution in [0.15, 0.2) is 158 Å². The molecule has 328 valence electrons. The van der Waals surface area contributed by atoms with Gasteiger partial charge in [0.25, 0.3) is 0 Å². The fraction of sp³-hybridized carbons (Fsp3) is 0.231. The summed E-state index contributed by atoms with van der Waals surface area (Å²) in [6.45, 7) is 0.416. The molecule has 6 aromatic rings. The number of nitrogens with zero attached hydrogens (tertiary/aromatic N) is 2. The van der Waals surface area contributed by atoms with Gasteiger partial charge in [0.05, 0.1) is 37.9 Å². The second kappa shape index (κ2) is 21.0. The molecule has 2 N–H and O–H groups in total. The molecule has 0 spiro atoms. The van der Waals surface area contributed by atoms with Crippen LogP contribution in [0.25, 0.3) is 0 Å². The van der Waals surface area contributed by atoms with Crippen molar-refractivity contribution in [3.63, 3.8) is 0 Å². The number of hydrogen-bond donors (Lipinski definition) is 2. The summed E-state index contributed by atoms with van der Waals surface area (Å²) in [5.74, 6) is -6.61. The van der Waals surface area contributed by atoms with Crippen LogP contribution in [0.1, 0.15) is 22.3 Å². The summed E-state index contributed by atoms with van der Waals surface area (Å²) < 4.78 is 22.8. The van der Waals surface area contributed by atoms with E-state index in [1.54, 1.807) is 38.5 Å². The van der Waals surface area contributed by atoms with Crippen molar-refractivity contribution in [2.45, 2.75) is 25.9 Å². The predicted octanol–water partition coefficient (Wildman–Crippen LogP) is 8.78. The van der Waals surface area contributed by atoms with Gasteiger partial charge in [-0.25, -0.2) is 0 Å². The van der Waals surface area contributed by atoms with Crippen molar-refractivity contribution >= 4 is 23.8 Å². The molecule has 1 aliphatic rings. The molecule has 0 saturated heterocycles. The van der Waals surface area contributed by atoms with E-state index in [-0.39, 0.29) is 26.2 Å². The summed E-state index contributed by atoms with van der Waals surface area (Å²) in [6, 6.07) is 47.8. The number of aliphatic carboxylic acids is 2. The minimum atomic E-state index is -1.64. The van der Waals surface area contributed by atoms with Crippen LogP contribution in [-0.2, 0) is 45.1 Å². The number of amides is 2. The van der Waals surface area contributed by atoms with E-state index in [2.05, 4.69) is 0 Å². The lowest BCUT2D eigenvalue weighted by atomic mass is 9.55. The van der Waals surface area contributed by atoms with Crippen LogP contribution in [0.5, 0.6) is 34.5 Å². The highest BCUT2D eigenvalue weighted by atomic mass is 16.5. The van der Waals surface area contributed by atoms with Crippen molar-refractivity contribution in [1.29, 1.82) is 0 Å². The number of hydrogen-bond acceptors (Lipinski definition) is 8. The first kappa shape index (κ1) is 44.5. The molecule has 7 rings (SSSR count). The first-order valence-corrected chi connectivity index (χ1v) is 21.0. The Kier molecular flexibility index (Phi) is 14.6. The quantitative estimate of drug-likeness (QED) is 0.0762. The minimum Gasteiger partial charge on any atom is -0.497 e. The van der Waals surface area contributed by atoms with Crippen LogP contribution in [0, 0.1) is 23.7 Å². The maximum Gasteiger partial charge on any atom is 0.308 e. The van der Waals surface area contributed by atoms with E-state index >= 15 is 9.59 Å². The zero-order valence-electron chi connectivity index (χ0n) is 35.6. The fourth-order valence-corrected chi connectivity index (χ4v) is 8.13. The molecule has 0 aliphatic heterocycles. The summed E-state index contributed by atoms with van der Waals surface area (Å²) in [5.41, 5.74) is 3.19. The molecule has 64 heavy (non-hydrogen) atoms. The standard InChI is InChI=1S/C52H50N2O10/c1-61-43-17-9-11-35(31-43)27-29-53(33-37-19-23-41(24-20-37)63-39-13-5-3-6-14-39)49(55)45-46(48(52(59)60)47(45)51(57)58)50(56)54(30-28-36-12-10-18-44(32-36)62-2)34-38-21-25-42(26-22-38)64-40-15-7-4-8-16-40/h3-26,31-32,45-48H,27-30,33-34H2,1-2H3,(H,57,58)(H,59,60)/t45-,46-,47-,48-/m1/s1. The molecule has 0 aromatic heterocycles. The van der Waals surface area contributed by atoms with Crippen molar-refractivity contribution in [2.75, 3.05) is 27.3 Å². The maximum atomic E-state index is 15.0. The monoisotopic (exact) mass is 862 g/mol. The zero-order chi connectivity index (χ0) is 45.0. The Morgan fingerprint density at radius 2 is 0.766 bits per heavy atom. The van der Waals surface area contributed by atoms with E-state index < -0.39 is 47.4 Å². The summed E-state index contributed by atoms with van der Waals surface area (Å²) in [6.07, 6.45) is 0.750. The lowest BCUT2D eigenvalue weighted by Crippen LogP contribution is -2.64. The predicted molar refractivity (Wildman–Crippen MR) is 239 cm³/mol. The van der Waals surface area contributed by atoms with Crippen LogP contribution < -0.4 is 18.9 Å². The van der Waals surface area contributed by atoms with Gasteiger partial charge in [-0.05, 0) is 108 Å². The number of benzene rings is 6. The molecule has 12 nitrogen and oxygen atoms in total. The van der Waals surface area contributed by atoms with Crippen LogP contribution in [0.4, 0.5) is 0 Å². The van der Waals surface area contributed by atoms with Crippen LogP contribution in [0.2, 0.25) is 0 Å². The van der Waals surface area contributed by atoms with E-state index in [9.17, 15) is 19.8 Å². The highest BCUT2D eigenvalue weighted by molar-refractivity contribution is 5.99. The molecular weight excluding hydrogens is 813 g/mol. The third kappa shape index (κ3) is 11.1. The number of rotatable bonds is 20. The van der Waals surface area contributed by atoms with E-state index in [1.165, 1.54) is 9.80 Å². The largest absolute Gasteiger partial charge is 0.497 e. The fourth-order valence-electron chi connectivity index (χ4n) is 8.13. The first-order chi connectivity index (χ1) is 31.1. The molecule has 0 unspecified atom stereocenters. The average molecular weight is 863 g/mol. The van der Waals surface area contributed by atoms with Crippen molar-refractivity contribution in [3.05, 3.63) is 180 Å². The van der Waals surface area contributed by atoms with Gasteiger partial charge < -0.3 is 39.0 Å². The molecule has 6 aromatic carbocycles. The number of carboxylic acids is 2. The van der Waals surface area contributed by atoms with Crippen molar-refractivity contribution in [3.8, 4) is 34.5 Å². The van der Waals surface area contributed by atoms with Gasteiger partial charge in [-0.15, -0.1) is 0 Å². The van der Waals surface area contributed by atoms with E-state index in [0.717, 1.165) is 22.3 Å². The molecule has 4 atom stereocenters. The van der Waals surface area contributed by atoms with Gasteiger partial charge in [0.2, 0.25) is 11.8 Å². The number of ether oxygens (including phenoxy) is 4. The topological polar surface area (TPSA) is 152 Å². The van der Waals surface area contributed by atoms with E-state index in [4.69, 9.17) is 18.9 Å². The van der Waals surface area contributed by atoms with Gasteiger partial charge >= 0.3 is 11.9 Å². The molecule has 0 bridgehead atoms. The van der Waals surface area contributed by atoms with Crippen LogP contribution in [0.3, 0.4) is 0 Å². The third-order valence-corrected chi connectivity index (χ3v) is 11.5. The molecule has 0 radical (unpaired) electrons. The lowest BCUT2D eigenvalue weighted by molar-refractivity contribution is -0.187. The second-order valence-electron chi connectivity index (χ2n) is 15.6. The normalized spacial score (nSPS) is 16.4. The molecule has 2 amide bonds. The van der Waals surface area contributed by atoms with Crippen molar-refractivity contribution in [2.24, 2.45) is 23.7 Å². The van der Waals surface area contributed by atoms with Crippen LogP contribution in [-0.4, -0.2) is 71.1 Å². The summed E-state index contributed by atoms with van der Waals surface area (Å²) in [4.78, 5) is 59.1. The maximum absolute atomic E-state index is 15.0.